The summed E-state index contributed by atoms with van der Waals surface area (Å²) in [6.45, 7) is 3.33. The average molecular weight is 490 g/mol. The number of thiazole rings is 1. The number of nitrogens with zero attached hydrogens (tertiary/aromatic N) is 4. The Bertz CT molecular complexity index is 1140. The van der Waals surface area contributed by atoms with E-state index >= 15 is 0 Å². The zero-order valence-corrected chi connectivity index (χ0v) is 20.4. The Labute approximate surface area is 199 Å². The summed E-state index contributed by atoms with van der Waals surface area (Å²) in [5.74, 6) is 2.28. The van der Waals surface area contributed by atoms with Crippen LogP contribution in [-0.2, 0) is 23.4 Å². The van der Waals surface area contributed by atoms with Crippen molar-refractivity contribution in [3.63, 3.8) is 0 Å². The van der Waals surface area contributed by atoms with Crippen LogP contribution in [0.5, 0.6) is 0 Å². The van der Waals surface area contributed by atoms with Gasteiger partial charge >= 0.3 is 0 Å². The van der Waals surface area contributed by atoms with Gasteiger partial charge in [-0.25, -0.2) is 9.97 Å². The van der Waals surface area contributed by atoms with E-state index in [0.717, 1.165) is 73.0 Å². The van der Waals surface area contributed by atoms with Crippen LogP contribution in [0.1, 0.15) is 41.9 Å². The standard InChI is InChI=1S/C22H27N5O2S3/c28-18(26-8-3-9-27(11-10-26)22-23-7-13-31-22)6-12-30-14-17-24-20(29)19-15-4-1-2-5-16(15)32-21(19)25-17/h7,13H,1-6,8-12,14H2,(H,24,25,29). The zero-order chi connectivity index (χ0) is 21.9. The third-order valence-electron chi connectivity index (χ3n) is 6.11. The van der Waals surface area contributed by atoms with Crippen molar-refractivity contribution in [2.75, 3.05) is 36.8 Å². The maximum Gasteiger partial charge on any atom is 0.259 e. The number of fused-ring (bicyclic) bond motifs is 3. The smallest absolute Gasteiger partial charge is 0.259 e. The molecule has 0 bridgehead atoms. The Morgan fingerprint density at radius 3 is 2.94 bits per heavy atom. The molecular formula is C22H27N5O2S3. The van der Waals surface area contributed by atoms with Crippen LogP contribution in [0.3, 0.4) is 0 Å². The number of aromatic nitrogens is 3. The highest BCUT2D eigenvalue weighted by atomic mass is 32.2. The number of carbonyl (C=O) groups excluding carboxylic acids is 1. The van der Waals surface area contributed by atoms with Crippen molar-refractivity contribution in [3.8, 4) is 0 Å². The number of aromatic amines is 1. The Morgan fingerprint density at radius 2 is 2.06 bits per heavy atom. The van der Waals surface area contributed by atoms with Gasteiger partial charge in [0, 0.05) is 54.8 Å². The van der Waals surface area contributed by atoms with Crippen LogP contribution in [0.4, 0.5) is 5.13 Å². The minimum atomic E-state index is -0.00423. The van der Waals surface area contributed by atoms with Gasteiger partial charge in [0.15, 0.2) is 5.13 Å². The van der Waals surface area contributed by atoms with E-state index in [1.54, 1.807) is 34.4 Å². The number of amides is 1. The van der Waals surface area contributed by atoms with E-state index in [4.69, 9.17) is 4.98 Å². The molecule has 1 amide bonds. The normalized spacial score (nSPS) is 16.9. The molecule has 1 N–H and O–H groups in total. The van der Waals surface area contributed by atoms with Gasteiger partial charge in [0.25, 0.3) is 5.56 Å². The Hall–Kier alpha value is -1.91. The molecular weight excluding hydrogens is 462 g/mol. The predicted octanol–water partition coefficient (Wildman–Crippen LogP) is 3.68. The molecule has 5 rings (SSSR count). The summed E-state index contributed by atoms with van der Waals surface area (Å²) in [5.41, 5.74) is 1.22. The molecule has 4 heterocycles. The number of H-pyrrole nitrogens is 1. The molecule has 7 nitrogen and oxygen atoms in total. The lowest BCUT2D eigenvalue weighted by Crippen LogP contribution is -2.35. The molecule has 0 unspecified atom stereocenters. The molecule has 2 aliphatic rings. The third kappa shape index (κ3) is 4.72. The molecule has 32 heavy (non-hydrogen) atoms. The maximum absolute atomic E-state index is 12.7. The van der Waals surface area contributed by atoms with Crippen molar-refractivity contribution in [1.82, 2.24) is 19.9 Å². The number of aryl methyl sites for hydroxylation is 2. The molecule has 1 aliphatic carbocycles. The van der Waals surface area contributed by atoms with E-state index in [1.807, 2.05) is 16.5 Å². The lowest BCUT2D eigenvalue weighted by atomic mass is 9.97. The van der Waals surface area contributed by atoms with Crippen LogP contribution in [-0.4, -0.2) is 57.7 Å². The van der Waals surface area contributed by atoms with Crippen LogP contribution in [0, 0.1) is 0 Å². The number of nitrogens with one attached hydrogen (secondary N) is 1. The first-order valence-electron chi connectivity index (χ1n) is 11.2. The summed E-state index contributed by atoms with van der Waals surface area (Å²) in [6, 6.07) is 0. The molecule has 0 saturated carbocycles. The Kier molecular flexibility index (Phi) is 6.80. The molecule has 1 aliphatic heterocycles. The van der Waals surface area contributed by atoms with Gasteiger partial charge < -0.3 is 14.8 Å². The van der Waals surface area contributed by atoms with Gasteiger partial charge in [-0.1, -0.05) is 0 Å². The number of hydrogen-bond donors (Lipinski definition) is 1. The Balaban J connectivity index is 1.12. The summed E-state index contributed by atoms with van der Waals surface area (Å²) in [7, 11) is 0. The van der Waals surface area contributed by atoms with Gasteiger partial charge in [-0.2, -0.15) is 11.8 Å². The van der Waals surface area contributed by atoms with Gasteiger partial charge in [0.05, 0.1) is 11.1 Å². The van der Waals surface area contributed by atoms with Crippen LogP contribution < -0.4 is 10.5 Å². The number of hydrogen-bond acceptors (Lipinski definition) is 8. The summed E-state index contributed by atoms with van der Waals surface area (Å²) in [4.78, 5) is 43.9. The van der Waals surface area contributed by atoms with Gasteiger partial charge in [0.2, 0.25) is 5.91 Å². The van der Waals surface area contributed by atoms with Crippen molar-refractivity contribution < 1.29 is 4.79 Å². The predicted molar refractivity (Wildman–Crippen MR) is 133 cm³/mol. The molecule has 1 fully saturated rings. The van der Waals surface area contributed by atoms with Crippen molar-refractivity contribution in [2.45, 2.75) is 44.3 Å². The van der Waals surface area contributed by atoms with E-state index in [9.17, 15) is 9.59 Å². The molecule has 0 aromatic carbocycles. The maximum atomic E-state index is 12.7. The van der Waals surface area contributed by atoms with Crippen molar-refractivity contribution in [2.24, 2.45) is 0 Å². The first-order valence-corrected chi connectivity index (χ1v) is 14.1. The summed E-state index contributed by atoms with van der Waals surface area (Å²) < 4.78 is 0. The van der Waals surface area contributed by atoms with Gasteiger partial charge in [0.1, 0.15) is 10.7 Å². The average Bonchev–Trinajstić information content (AvgIpc) is 3.39. The topological polar surface area (TPSA) is 82.2 Å². The highest BCUT2D eigenvalue weighted by molar-refractivity contribution is 7.98. The van der Waals surface area contributed by atoms with E-state index in [2.05, 4.69) is 14.9 Å². The van der Waals surface area contributed by atoms with Gasteiger partial charge in [-0.05, 0) is 37.7 Å². The van der Waals surface area contributed by atoms with E-state index in [0.29, 0.717) is 18.0 Å². The number of thioether (sulfide) groups is 1. The molecule has 10 heteroatoms. The second-order valence-corrected chi connectivity index (χ2v) is 11.3. The zero-order valence-electron chi connectivity index (χ0n) is 18.0. The van der Waals surface area contributed by atoms with Crippen molar-refractivity contribution >= 4 is 55.7 Å². The second-order valence-electron chi connectivity index (χ2n) is 8.24. The number of carbonyl (C=O) groups is 1. The van der Waals surface area contributed by atoms with Gasteiger partial charge in [-0.3, -0.25) is 9.59 Å². The number of rotatable bonds is 6. The highest BCUT2D eigenvalue weighted by Gasteiger charge is 2.21. The van der Waals surface area contributed by atoms with Crippen molar-refractivity contribution in [1.29, 1.82) is 0 Å². The molecule has 3 aromatic heterocycles. The minimum absolute atomic E-state index is 0.00423. The largest absolute Gasteiger partial charge is 0.346 e. The fourth-order valence-corrected chi connectivity index (χ4v) is 7.26. The van der Waals surface area contributed by atoms with Crippen LogP contribution >= 0.6 is 34.4 Å². The van der Waals surface area contributed by atoms with Crippen LogP contribution in [0.2, 0.25) is 0 Å². The van der Waals surface area contributed by atoms with Gasteiger partial charge in [-0.15, -0.1) is 22.7 Å². The van der Waals surface area contributed by atoms with Crippen molar-refractivity contribution in [3.05, 3.63) is 38.2 Å². The monoisotopic (exact) mass is 489 g/mol. The lowest BCUT2D eigenvalue weighted by molar-refractivity contribution is -0.130. The Morgan fingerprint density at radius 1 is 1.16 bits per heavy atom. The SMILES string of the molecule is O=C(CCSCc1nc2sc3c(c2c(=O)[nH]1)CCCC3)N1CCCN(c2nccs2)CC1. The van der Waals surface area contributed by atoms with E-state index in [1.165, 1.54) is 16.9 Å². The van der Waals surface area contributed by atoms with E-state index < -0.39 is 0 Å². The molecule has 3 aromatic rings. The number of thiophene rings is 1. The molecule has 0 radical (unpaired) electrons. The third-order valence-corrected chi connectivity index (χ3v) is 9.10. The fraction of sp³-hybridized carbons (Fsp3) is 0.545. The fourth-order valence-electron chi connectivity index (χ4n) is 4.49. The summed E-state index contributed by atoms with van der Waals surface area (Å²) in [5, 5.41) is 3.84. The molecule has 0 spiro atoms. The minimum Gasteiger partial charge on any atom is -0.346 e. The summed E-state index contributed by atoms with van der Waals surface area (Å²) in [6.07, 6.45) is 7.74. The first-order chi connectivity index (χ1) is 15.7. The first kappa shape index (κ1) is 21.9. The quantitative estimate of drug-likeness (QED) is 0.532. The number of anilines is 1. The highest BCUT2D eigenvalue weighted by Crippen LogP contribution is 2.33. The molecule has 170 valence electrons. The molecule has 0 atom stereocenters. The van der Waals surface area contributed by atoms with Crippen LogP contribution in [0.25, 0.3) is 10.2 Å². The molecule has 1 saturated heterocycles. The summed E-state index contributed by atoms with van der Waals surface area (Å²) >= 11 is 4.99. The lowest BCUT2D eigenvalue weighted by Gasteiger charge is -2.21. The van der Waals surface area contributed by atoms with E-state index in [-0.39, 0.29) is 11.5 Å². The van der Waals surface area contributed by atoms with Crippen LogP contribution in [0.15, 0.2) is 16.4 Å². The second kappa shape index (κ2) is 9.93.